The molecule has 3 aromatic rings. The van der Waals surface area contributed by atoms with E-state index in [0.717, 1.165) is 11.1 Å². The van der Waals surface area contributed by atoms with Crippen LogP contribution in [-0.4, -0.2) is 18.2 Å². The van der Waals surface area contributed by atoms with Crippen molar-refractivity contribution in [1.29, 1.82) is 0 Å². The predicted molar refractivity (Wildman–Crippen MR) is 122 cm³/mol. The van der Waals surface area contributed by atoms with Gasteiger partial charge in [-0.15, -0.1) is 0 Å². The number of aryl methyl sites for hydroxylation is 1. The van der Waals surface area contributed by atoms with Crippen molar-refractivity contribution < 1.29 is 9.53 Å². The highest BCUT2D eigenvalue weighted by atomic mass is 35.5. The zero-order valence-electron chi connectivity index (χ0n) is 16.1. The smallest absolute Gasteiger partial charge is 0.339 e. The van der Waals surface area contributed by atoms with Crippen LogP contribution in [0.5, 0.6) is 0 Å². The fourth-order valence-corrected chi connectivity index (χ4v) is 3.36. The molecule has 2 N–H and O–H groups in total. The van der Waals surface area contributed by atoms with E-state index in [2.05, 4.69) is 54.0 Å². The average molecular weight is 425 g/mol. The molecule has 0 fully saturated rings. The summed E-state index contributed by atoms with van der Waals surface area (Å²) in [5.74, 6) is -0.501. The lowest BCUT2D eigenvalue weighted by molar-refractivity contribution is 0.0601. The Hall–Kier alpha value is -2.89. The fourth-order valence-electron chi connectivity index (χ4n) is 2.93. The number of benzene rings is 3. The van der Waals surface area contributed by atoms with E-state index in [1.165, 1.54) is 12.7 Å². The van der Waals surface area contributed by atoms with Crippen LogP contribution in [0, 0.1) is 6.92 Å². The Kier molecular flexibility index (Phi) is 6.86. The number of esters is 1. The van der Waals surface area contributed by atoms with Crippen molar-refractivity contribution in [2.24, 2.45) is 0 Å². The van der Waals surface area contributed by atoms with Gasteiger partial charge in [0, 0.05) is 5.69 Å². The number of carbonyl (C=O) groups is 1. The lowest BCUT2D eigenvalue weighted by Gasteiger charge is -2.22. The van der Waals surface area contributed by atoms with Crippen LogP contribution in [0.25, 0.3) is 0 Å². The zero-order chi connectivity index (χ0) is 20.8. The van der Waals surface area contributed by atoms with E-state index >= 15 is 0 Å². The second-order valence-corrected chi connectivity index (χ2v) is 7.35. The molecule has 0 aliphatic rings. The third-order valence-corrected chi connectivity index (χ3v) is 5.00. The Balaban J connectivity index is 1.82. The number of thiocarbonyl (C=S) groups is 1. The van der Waals surface area contributed by atoms with Gasteiger partial charge in [0.1, 0.15) is 0 Å². The third-order valence-electron chi connectivity index (χ3n) is 4.45. The van der Waals surface area contributed by atoms with Gasteiger partial charge in [0.2, 0.25) is 0 Å². The van der Waals surface area contributed by atoms with Gasteiger partial charge in [-0.1, -0.05) is 71.8 Å². The van der Waals surface area contributed by atoms with Gasteiger partial charge in [-0.2, -0.15) is 0 Å². The van der Waals surface area contributed by atoms with Gasteiger partial charge < -0.3 is 15.4 Å². The Morgan fingerprint density at radius 2 is 1.66 bits per heavy atom. The third kappa shape index (κ3) is 5.34. The first kappa shape index (κ1) is 20.8. The molecule has 0 saturated heterocycles. The van der Waals surface area contributed by atoms with Gasteiger partial charge in [0.05, 0.1) is 23.7 Å². The Morgan fingerprint density at radius 1 is 1.00 bits per heavy atom. The van der Waals surface area contributed by atoms with Crippen molar-refractivity contribution in [3.63, 3.8) is 0 Å². The molecule has 3 rings (SSSR count). The van der Waals surface area contributed by atoms with Crippen LogP contribution in [0.3, 0.4) is 0 Å². The molecule has 4 nitrogen and oxygen atoms in total. The molecule has 0 radical (unpaired) electrons. The Bertz CT molecular complexity index is 1010. The van der Waals surface area contributed by atoms with Crippen LogP contribution < -0.4 is 10.6 Å². The topological polar surface area (TPSA) is 50.4 Å². The molecule has 0 bridgehead atoms. The minimum Gasteiger partial charge on any atom is -0.465 e. The monoisotopic (exact) mass is 424 g/mol. The van der Waals surface area contributed by atoms with Gasteiger partial charge in [-0.05, 0) is 48.5 Å². The number of ether oxygens (including phenoxy) is 1. The highest BCUT2D eigenvalue weighted by molar-refractivity contribution is 7.80. The molecule has 0 aliphatic heterocycles. The highest BCUT2D eigenvalue weighted by Gasteiger charge is 2.16. The lowest BCUT2D eigenvalue weighted by atomic mass is 9.98. The van der Waals surface area contributed by atoms with Crippen LogP contribution in [0.1, 0.15) is 33.1 Å². The van der Waals surface area contributed by atoms with Gasteiger partial charge in [0.25, 0.3) is 0 Å². The molecule has 0 spiro atoms. The van der Waals surface area contributed by atoms with Crippen LogP contribution in [0.2, 0.25) is 5.02 Å². The van der Waals surface area contributed by atoms with Crippen molar-refractivity contribution >= 4 is 40.6 Å². The number of anilines is 1. The maximum Gasteiger partial charge on any atom is 0.339 e. The summed E-state index contributed by atoms with van der Waals surface area (Å²) in [5.41, 5.74) is 4.30. The maximum absolute atomic E-state index is 11.9. The van der Waals surface area contributed by atoms with E-state index in [9.17, 15) is 4.79 Å². The fraction of sp³-hybridized carbons (Fsp3) is 0.130. The van der Waals surface area contributed by atoms with Crippen molar-refractivity contribution in [2.45, 2.75) is 13.0 Å². The number of hydrogen-bond acceptors (Lipinski definition) is 3. The van der Waals surface area contributed by atoms with Crippen LogP contribution >= 0.6 is 23.8 Å². The van der Waals surface area contributed by atoms with Gasteiger partial charge in [-0.25, -0.2) is 4.79 Å². The predicted octanol–water partition coefficient (Wildman–Crippen LogP) is 5.51. The summed E-state index contributed by atoms with van der Waals surface area (Å²) >= 11 is 11.6. The molecule has 0 aromatic heterocycles. The molecule has 1 atom stereocenters. The Morgan fingerprint density at radius 3 is 2.31 bits per heavy atom. The van der Waals surface area contributed by atoms with Crippen LogP contribution in [-0.2, 0) is 4.74 Å². The van der Waals surface area contributed by atoms with Crippen LogP contribution in [0.15, 0.2) is 72.8 Å². The Labute approximate surface area is 180 Å². The molecule has 29 heavy (non-hydrogen) atoms. The summed E-state index contributed by atoms with van der Waals surface area (Å²) in [6.07, 6.45) is 0. The molecule has 0 saturated carbocycles. The van der Waals surface area contributed by atoms with Gasteiger partial charge >= 0.3 is 5.97 Å². The summed E-state index contributed by atoms with van der Waals surface area (Å²) < 4.78 is 4.77. The number of hydrogen-bond donors (Lipinski definition) is 2. The minimum absolute atomic E-state index is 0.121. The number of carbonyl (C=O) groups excluding carboxylic acids is 1. The van der Waals surface area contributed by atoms with E-state index in [1.54, 1.807) is 18.2 Å². The standard InChI is InChI=1S/C23H21ClN2O2S/c1-15-8-10-17(11-9-15)21(16-6-4-3-5-7-16)26-23(29)25-18-12-13-20(24)19(14-18)22(27)28-2/h3-14,21H,1-2H3,(H2,25,26,29). The SMILES string of the molecule is COC(=O)c1cc(NC(=S)NC(c2ccccc2)c2ccc(C)cc2)ccc1Cl. The van der Waals surface area contributed by atoms with E-state index in [4.69, 9.17) is 28.6 Å². The highest BCUT2D eigenvalue weighted by Crippen LogP contribution is 2.24. The number of nitrogens with one attached hydrogen (secondary N) is 2. The minimum atomic E-state index is -0.501. The van der Waals surface area contributed by atoms with Crippen molar-refractivity contribution in [3.8, 4) is 0 Å². The second-order valence-electron chi connectivity index (χ2n) is 6.54. The molecule has 3 aromatic carbocycles. The number of methoxy groups -OCH3 is 1. The molecule has 0 aliphatic carbocycles. The first-order chi connectivity index (χ1) is 14.0. The van der Waals surface area contributed by atoms with Crippen LogP contribution in [0.4, 0.5) is 5.69 Å². The van der Waals surface area contributed by atoms with Crippen molar-refractivity contribution in [3.05, 3.63) is 100 Å². The number of rotatable bonds is 5. The second kappa shape index (κ2) is 9.54. The average Bonchev–Trinajstić information content (AvgIpc) is 2.74. The van der Waals surface area contributed by atoms with E-state index in [0.29, 0.717) is 15.8 Å². The maximum atomic E-state index is 11.9. The van der Waals surface area contributed by atoms with E-state index in [-0.39, 0.29) is 11.6 Å². The summed E-state index contributed by atoms with van der Waals surface area (Å²) in [6, 6.07) is 23.3. The zero-order valence-corrected chi connectivity index (χ0v) is 17.7. The first-order valence-corrected chi connectivity index (χ1v) is 9.83. The summed E-state index contributed by atoms with van der Waals surface area (Å²) in [5, 5.41) is 7.24. The molecular formula is C23H21ClN2O2S. The van der Waals surface area contributed by atoms with E-state index < -0.39 is 5.97 Å². The van der Waals surface area contributed by atoms with Gasteiger partial charge in [0.15, 0.2) is 5.11 Å². The summed E-state index contributed by atoms with van der Waals surface area (Å²) in [7, 11) is 1.32. The molecule has 148 valence electrons. The summed E-state index contributed by atoms with van der Waals surface area (Å²) in [4.78, 5) is 11.9. The first-order valence-electron chi connectivity index (χ1n) is 9.05. The van der Waals surface area contributed by atoms with E-state index in [1.807, 2.05) is 18.2 Å². The summed E-state index contributed by atoms with van der Waals surface area (Å²) in [6.45, 7) is 2.06. The largest absolute Gasteiger partial charge is 0.465 e. The lowest BCUT2D eigenvalue weighted by Crippen LogP contribution is -2.33. The molecular weight excluding hydrogens is 404 g/mol. The molecule has 1 unspecified atom stereocenters. The molecule has 6 heteroatoms. The number of halogens is 1. The quantitative estimate of drug-likeness (QED) is 0.417. The molecule has 0 amide bonds. The van der Waals surface area contributed by atoms with Gasteiger partial charge in [-0.3, -0.25) is 0 Å². The normalized spacial score (nSPS) is 11.4. The van der Waals surface area contributed by atoms with Crippen molar-refractivity contribution in [1.82, 2.24) is 5.32 Å². The van der Waals surface area contributed by atoms with Crippen molar-refractivity contribution in [2.75, 3.05) is 12.4 Å². The molecule has 0 heterocycles.